The van der Waals surface area contributed by atoms with Crippen molar-refractivity contribution in [1.82, 2.24) is 84.7 Å². The molecule has 1 aliphatic rings. The van der Waals surface area contributed by atoms with Gasteiger partial charge in [-0.05, 0) is 106 Å². The van der Waals surface area contributed by atoms with E-state index in [4.69, 9.17) is 10.5 Å². The van der Waals surface area contributed by atoms with Gasteiger partial charge in [-0.25, -0.2) is 0 Å². The van der Waals surface area contributed by atoms with E-state index in [2.05, 4.69) is 79.8 Å². The largest absolute Gasteiger partial charge is 0.508 e. The number of ether oxygens (including phenoxy) is 1. The number of unbranched alkanes of at least 4 members (excludes halogenated alkanes) is 1. The van der Waals surface area contributed by atoms with Crippen LogP contribution in [-0.2, 0) is 115 Å². The number of nitrogens with one attached hydrogen (secondary N) is 15. The molecule has 16 amide bonds. The standard InChI is InChI=1S/C85H125N17O29S/c1-9-45(4)70(82(127)95-57(36-51-20-24-53(108)25-21-51)76(121)91-55(33-44(2)3)75(120)93-59(37-68(114)115)74(119)89-46(5)15-13-14-29-86)100-81(126)62(41-104)97-77(122)56(35-50-18-22-52(107)23-19-50)92-78(123)60(38-69(116)117)94-80(125)61(40-103)98-84(129)72(48(7)106)101-79(124)58(34-49-16-11-10-12-17-49)96-83(128)71(47(6)105)99-64(109)39-88-73(118)54(26-27-67(112)113)90-66(111)43-132-42-65(110)87-30-32-102-31-28-63(131-8)85(102)130/h10-12,16-25,44-48,54-63,70-72,103-108H,9,13-15,26-43,86H2,1-8H3,(H,87,110)(H,88,118)(H,89,119)(H,90,111)(H,91,121)(H,92,123)(H,93,120)(H,94,125)(H,95,127)(H,96,128)(H,97,122)(H,98,129)(H,99,109)(H,100,126)(H,101,124)(H,112,113)(H,114,115)(H,116,117)/t45-,46+,47+,48+,54-,55-,56-,57-,58-,59-,60-,61-,62-,63+,70-,71-,72-/m0/s1. The second kappa shape index (κ2) is 57.5. The van der Waals surface area contributed by atoms with Crippen molar-refractivity contribution in [1.29, 1.82) is 0 Å². The van der Waals surface area contributed by atoms with Gasteiger partial charge in [0.1, 0.15) is 90.1 Å². The number of benzene rings is 3. The molecule has 26 N–H and O–H groups in total. The summed E-state index contributed by atoms with van der Waals surface area (Å²) in [7, 11) is 1.41. The maximum Gasteiger partial charge on any atom is 0.305 e. The highest BCUT2D eigenvalue weighted by atomic mass is 32.2. The third-order valence-electron chi connectivity index (χ3n) is 20.8. The second-order valence-electron chi connectivity index (χ2n) is 32.1. The Balaban J connectivity index is 1.52. The Labute approximate surface area is 765 Å². The van der Waals surface area contributed by atoms with Gasteiger partial charge >= 0.3 is 17.9 Å². The van der Waals surface area contributed by atoms with Gasteiger partial charge in [-0.1, -0.05) is 95.1 Å². The van der Waals surface area contributed by atoms with E-state index in [1.165, 1.54) is 79.6 Å². The summed E-state index contributed by atoms with van der Waals surface area (Å²) >= 11 is 0.846. The lowest BCUT2D eigenvalue weighted by molar-refractivity contribution is -0.142. The predicted molar refractivity (Wildman–Crippen MR) is 471 cm³/mol. The van der Waals surface area contributed by atoms with Crippen LogP contribution < -0.4 is 85.5 Å². The number of carbonyl (C=O) groups is 19. The summed E-state index contributed by atoms with van der Waals surface area (Å²) < 4.78 is 5.12. The fourth-order valence-corrected chi connectivity index (χ4v) is 14.0. The van der Waals surface area contributed by atoms with Gasteiger partial charge in [0.15, 0.2) is 0 Å². The van der Waals surface area contributed by atoms with Crippen LogP contribution in [0.15, 0.2) is 78.9 Å². The Morgan fingerprint density at radius 2 is 0.871 bits per heavy atom. The molecule has 47 heteroatoms. The van der Waals surface area contributed by atoms with Crippen LogP contribution in [0.25, 0.3) is 0 Å². The Morgan fingerprint density at radius 1 is 0.455 bits per heavy atom. The highest BCUT2D eigenvalue weighted by Gasteiger charge is 2.41. The average Bonchev–Trinajstić information content (AvgIpc) is 1.03. The number of carbonyl (C=O) groups excluding carboxylic acids is 16. The number of thioether (sulfide) groups is 1. The fraction of sp³-hybridized carbons (Fsp3) is 0.565. The molecule has 0 spiro atoms. The van der Waals surface area contributed by atoms with E-state index in [1.54, 1.807) is 45.9 Å². The van der Waals surface area contributed by atoms with Crippen LogP contribution in [0.1, 0.15) is 129 Å². The molecule has 1 aliphatic heterocycles. The first-order valence-electron chi connectivity index (χ1n) is 42.8. The molecule has 132 heavy (non-hydrogen) atoms. The van der Waals surface area contributed by atoms with Gasteiger partial charge in [0.25, 0.3) is 5.91 Å². The molecule has 46 nitrogen and oxygen atoms in total. The lowest BCUT2D eigenvalue weighted by Gasteiger charge is -2.30. The van der Waals surface area contributed by atoms with Crippen LogP contribution in [-0.4, -0.2) is 325 Å². The molecule has 1 fully saturated rings. The lowest BCUT2D eigenvalue weighted by atomic mass is 9.96. The molecule has 3 aromatic rings. The van der Waals surface area contributed by atoms with Crippen molar-refractivity contribution in [2.75, 3.05) is 64.6 Å². The van der Waals surface area contributed by atoms with Crippen LogP contribution in [0.3, 0.4) is 0 Å². The SMILES string of the molecule is CC[C@H](C)[C@H](NC(=O)[C@H](CO)NC(=O)[C@H](Cc1ccc(O)cc1)NC(=O)[C@H](CC(=O)O)NC(=O)[C@H](CO)NC(=O)[C@@H](NC(=O)[C@H](Cc1ccccc1)NC(=O)[C@@H](NC(=O)CNC(=O)[C@H](CCC(=O)O)NC(=O)CSCC(=O)NCCN1CC[C@@H](OC)C1=O)[C@@H](C)O)[C@@H](C)O)C(=O)N[C@@H](Cc1ccc(O)cc1)C(=O)N[C@@H](CC(C)C)C(=O)N[C@@H](CC(=O)O)C(=O)N[C@H](C)CCCCN. The Bertz CT molecular complexity index is 4400. The fourth-order valence-electron chi connectivity index (χ4n) is 13.3. The summed E-state index contributed by atoms with van der Waals surface area (Å²) in [4.78, 5) is 259. The minimum Gasteiger partial charge on any atom is -0.508 e. The number of hydrogen-bond donors (Lipinski definition) is 25. The number of phenols is 2. The molecule has 17 atom stereocenters. The number of amides is 16. The molecular weight excluding hydrogens is 1760 g/mol. The van der Waals surface area contributed by atoms with Gasteiger partial charge in [0.2, 0.25) is 88.6 Å². The maximum absolute atomic E-state index is 14.7. The molecule has 1 saturated heterocycles. The van der Waals surface area contributed by atoms with E-state index >= 15 is 0 Å². The minimum atomic E-state index is -2.23. The minimum absolute atomic E-state index is 0.0794. The molecule has 0 saturated carbocycles. The van der Waals surface area contributed by atoms with E-state index in [0.29, 0.717) is 49.9 Å². The number of aliphatic hydroxyl groups is 4. The van der Waals surface area contributed by atoms with Crippen LogP contribution in [0.5, 0.6) is 11.5 Å². The zero-order valence-corrected chi connectivity index (χ0v) is 75.4. The Kier molecular flexibility index (Phi) is 48.6. The normalized spacial score (nSPS) is 16.0. The van der Waals surface area contributed by atoms with Crippen LogP contribution in [0, 0.1) is 11.8 Å². The van der Waals surface area contributed by atoms with Crippen molar-refractivity contribution in [2.45, 2.75) is 229 Å². The van der Waals surface area contributed by atoms with Crippen molar-refractivity contribution in [3.63, 3.8) is 0 Å². The first-order chi connectivity index (χ1) is 62.4. The number of carboxylic acid groups (broad SMARTS) is 3. The molecule has 0 radical (unpaired) electrons. The van der Waals surface area contributed by atoms with E-state index in [0.717, 1.165) is 25.6 Å². The topological polar surface area (TPSA) is 725 Å². The number of nitrogens with two attached hydrogens (primary N) is 1. The number of hydrogen-bond acceptors (Lipinski definition) is 28. The zero-order chi connectivity index (χ0) is 98.6. The number of carboxylic acids is 3. The summed E-state index contributed by atoms with van der Waals surface area (Å²) in [5, 5.41) is 128. The predicted octanol–water partition coefficient (Wildman–Crippen LogP) is -6.56. The first kappa shape index (κ1) is 112. The number of aliphatic hydroxyl groups excluding tert-OH is 4. The highest BCUT2D eigenvalue weighted by molar-refractivity contribution is 8.00. The summed E-state index contributed by atoms with van der Waals surface area (Å²) in [6, 6.07) is -4.29. The third-order valence-corrected chi connectivity index (χ3v) is 21.7. The number of aliphatic carboxylic acids is 3. The number of likely N-dealkylation sites (tertiary alicyclic amines) is 1. The zero-order valence-electron chi connectivity index (χ0n) is 74.6. The second-order valence-corrected chi connectivity index (χ2v) is 33.1. The summed E-state index contributed by atoms with van der Waals surface area (Å²) in [5.74, 6) is -23.7. The molecule has 0 aliphatic carbocycles. The molecule has 1 heterocycles. The van der Waals surface area contributed by atoms with Crippen molar-refractivity contribution in [3.8, 4) is 11.5 Å². The van der Waals surface area contributed by atoms with E-state index in [-0.39, 0.29) is 72.7 Å². The number of aromatic hydroxyl groups is 2. The van der Waals surface area contributed by atoms with Gasteiger partial charge in [-0.15, -0.1) is 11.8 Å². The van der Waals surface area contributed by atoms with Crippen LogP contribution >= 0.6 is 11.8 Å². The number of methoxy groups -OCH3 is 1. The van der Waals surface area contributed by atoms with Crippen LogP contribution in [0.4, 0.5) is 0 Å². The van der Waals surface area contributed by atoms with E-state index < -0.39 is 268 Å². The lowest BCUT2D eigenvalue weighted by Crippen LogP contribution is -2.63. The molecule has 4 rings (SSSR count). The van der Waals surface area contributed by atoms with Gasteiger partial charge in [-0.2, -0.15) is 0 Å². The molecule has 3 aromatic carbocycles. The highest BCUT2D eigenvalue weighted by Crippen LogP contribution is 2.19. The quantitative estimate of drug-likeness (QED) is 0.0234. The third kappa shape index (κ3) is 39.9. The van der Waals surface area contributed by atoms with Crippen molar-refractivity contribution >= 4 is 124 Å². The van der Waals surface area contributed by atoms with Gasteiger partial charge in [0.05, 0.1) is 56.3 Å². The smallest absolute Gasteiger partial charge is 0.305 e. The monoisotopic (exact) mass is 1880 g/mol. The molecule has 0 bridgehead atoms. The van der Waals surface area contributed by atoms with E-state index in [1.807, 2.05) is 0 Å². The maximum atomic E-state index is 14.7. The van der Waals surface area contributed by atoms with Crippen LogP contribution in [0.2, 0.25) is 0 Å². The number of nitrogens with zero attached hydrogens (tertiary/aromatic N) is 1. The van der Waals surface area contributed by atoms with Gasteiger partial charge in [0, 0.05) is 64.9 Å². The van der Waals surface area contributed by atoms with Gasteiger partial charge < -0.3 is 141 Å². The van der Waals surface area contributed by atoms with E-state index in [9.17, 15) is 137 Å². The number of rotatable bonds is 60. The summed E-state index contributed by atoms with van der Waals surface area (Å²) in [5.41, 5.74) is 6.49. The Hall–Kier alpha value is -12.7. The molecule has 730 valence electrons. The van der Waals surface area contributed by atoms with Crippen molar-refractivity contribution in [3.05, 3.63) is 95.6 Å². The molecule has 0 aromatic heterocycles. The van der Waals surface area contributed by atoms with Crippen molar-refractivity contribution in [2.24, 2.45) is 17.6 Å². The molecular formula is C85H125N17O29S. The molecule has 0 unspecified atom stereocenters. The number of phenolic OH excluding ortho intramolecular Hbond substituents is 2. The van der Waals surface area contributed by atoms with Crippen molar-refractivity contribution < 1.29 is 142 Å². The van der Waals surface area contributed by atoms with Gasteiger partial charge in [-0.3, -0.25) is 91.1 Å². The first-order valence-corrected chi connectivity index (χ1v) is 44.0. The summed E-state index contributed by atoms with van der Waals surface area (Å²) in [6.07, 6.45) is -6.45. The Morgan fingerprint density at radius 3 is 1.34 bits per heavy atom. The average molecular weight is 1880 g/mol. The summed E-state index contributed by atoms with van der Waals surface area (Å²) in [6.45, 7) is 7.96.